The molecular weight excluding hydrogens is 476 g/mol. The average Bonchev–Trinajstić information content (AvgIpc) is 2.88. The van der Waals surface area contributed by atoms with Gasteiger partial charge in [0.15, 0.2) is 18.0 Å². The van der Waals surface area contributed by atoms with Crippen molar-refractivity contribution in [1.82, 2.24) is 0 Å². The monoisotopic (exact) mass is 512 g/mol. The quantitative estimate of drug-likeness (QED) is 0.168. The standard InChI is InChI=1S/C29H36O8/c1-5-27(37-22(4)31)28(32)23-10-14-25(15-11-23)34-18-8-6-7-9-19-35-26-16-12-24(13-17-26)29(33)36-21(3)20(2)30/h10-17,21,27H,5-9,18-19H2,1-4H3. The molecule has 2 rings (SSSR count). The molecule has 0 saturated heterocycles. The smallest absolute Gasteiger partial charge is 0.338 e. The van der Waals surface area contributed by atoms with Crippen molar-refractivity contribution in [3.05, 3.63) is 59.7 Å². The van der Waals surface area contributed by atoms with Gasteiger partial charge in [-0.2, -0.15) is 0 Å². The molecular formula is C29H36O8. The largest absolute Gasteiger partial charge is 0.494 e. The Morgan fingerprint density at radius 1 is 0.703 bits per heavy atom. The van der Waals surface area contributed by atoms with Crippen LogP contribution >= 0.6 is 0 Å². The third-order valence-electron chi connectivity index (χ3n) is 5.63. The van der Waals surface area contributed by atoms with E-state index in [9.17, 15) is 19.2 Å². The van der Waals surface area contributed by atoms with E-state index in [4.69, 9.17) is 18.9 Å². The zero-order valence-electron chi connectivity index (χ0n) is 22.0. The van der Waals surface area contributed by atoms with E-state index >= 15 is 0 Å². The van der Waals surface area contributed by atoms with Crippen LogP contribution < -0.4 is 9.47 Å². The summed E-state index contributed by atoms with van der Waals surface area (Å²) in [5.74, 6) is -0.0784. The molecule has 0 N–H and O–H groups in total. The highest BCUT2D eigenvalue weighted by molar-refractivity contribution is 6.00. The SMILES string of the molecule is CCC(OC(C)=O)C(=O)c1ccc(OCCCCCCOc2ccc(C(=O)OC(C)C(C)=O)cc2)cc1. The Labute approximate surface area is 218 Å². The van der Waals surface area contributed by atoms with Gasteiger partial charge in [-0.05, 0) is 94.5 Å². The first-order chi connectivity index (χ1) is 17.7. The van der Waals surface area contributed by atoms with Gasteiger partial charge in [-0.3, -0.25) is 14.4 Å². The summed E-state index contributed by atoms with van der Waals surface area (Å²) in [6, 6.07) is 13.5. The van der Waals surface area contributed by atoms with E-state index in [1.54, 1.807) is 62.4 Å². The van der Waals surface area contributed by atoms with Gasteiger partial charge in [-0.15, -0.1) is 0 Å². The summed E-state index contributed by atoms with van der Waals surface area (Å²) in [4.78, 5) is 46.8. The number of Topliss-reactive ketones (excluding diaryl/α,β-unsaturated/α-hetero) is 2. The number of unbranched alkanes of at least 4 members (excludes halogenated alkanes) is 3. The highest BCUT2D eigenvalue weighted by Crippen LogP contribution is 2.17. The fourth-order valence-electron chi connectivity index (χ4n) is 3.36. The van der Waals surface area contributed by atoms with Crippen molar-refractivity contribution in [3.63, 3.8) is 0 Å². The molecule has 0 aliphatic rings. The maximum Gasteiger partial charge on any atom is 0.338 e. The zero-order chi connectivity index (χ0) is 27.2. The minimum Gasteiger partial charge on any atom is -0.494 e. The first-order valence-corrected chi connectivity index (χ1v) is 12.6. The van der Waals surface area contributed by atoms with Gasteiger partial charge in [0.1, 0.15) is 11.5 Å². The second kappa shape index (κ2) is 15.4. The second-order valence-electron chi connectivity index (χ2n) is 8.69. The molecule has 2 aromatic carbocycles. The third kappa shape index (κ3) is 10.5. The number of benzene rings is 2. The molecule has 0 aromatic heterocycles. The topological polar surface area (TPSA) is 105 Å². The number of ketones is 2. The van der Waals surface area contributed by atoms with Gasteiger partial charge in [0.25, 0.3) is 0 Å². The van der Waals surface area contributed by atoms with Gasteiger partial charge in [0.2, 0.25) is 5.78 Å². The van der Waals surface area contributed by atoms with Gasteiger partial charge < -0.3 is 18.9 Å². The number of carbonyl (C=O) groups is 4. The third-order valence-corrected chi connectivity index (χ3v) is 5.63. The Kier molecular flexibility index (Phi) is 12.3. The van der Waals surface area contributed by atoms with Crippen molar-refractivity contribution in [2.24, 2.45) is 0 Å². The van der Waals surface area contributed by atoms with Crippen LogP contribution in [0, 0.1) is 0 Å². The Morgan fingerprint density at radius 3 is 1.62 bits per heavy atom. The molecule has 2 atom stereocenters. The van der Waals surface area contributed by atoms with Crippen LogP contribution in [-0.4, -0.2) is 48.9 Å². The minimum absolute atomic E-state index is 0.203. The molecule has 0 spiro atoms. The molecule has 2 unspecified atom stereocenters. The molecule has 0 aliphatic heterocycles. The van der Waals surface area contributed by atoms with Crippen molar-refractivity contribution < 1.29 is 38.1 Å². The predicted molar refractivity (Wildman–Crippen MR) is 138 cm³/mol. The van der Waals surface area contributed by atoms with Crippen molar-refractivity contribution in [1.29, 1.82) is 0 Å². The molecule has 200 valence electrons. The Bertz CT molecular complexity index is 1030. The molecule has 0 radical (unpaired) electrons. The fraction of sp³-hybridized carbons (Fsp3) is 0.448. The number of esters is 2. The summed E-state index contributed by atoms with van der Waals surface area (Å²) in [5.41, 5.74) is 0.853. The molecule has 0 aliphatic carbocycles. The molecule has 2 aromatic rings. The summed E-state index contributed by atoms with van der Waals surface area (Å²) in [5, 5.41) is 0. The average molecular weight is 513 g/mol. The lowest BCUT2D eigenvalue weighted by molar-refractivity contribution is -0.144. The van der Waals surface area contributed by atoms with Crippen molar-refractivity contribution in [3.8, 4) is 11.5 Å². The van der Waals surface area contributed by atoms with E-state index in [1.165, 1.54) is 13.8 Å². The van der Waals surface area contributed by atoms with Crippen LogP contribution in [0.1, 0.15) is 80.5 Å². The van der Waals surface area contributed by atoms with Crippen LogP contribution in [0.3, 0.4) is 0 Å². The number of carbonyl (C=O) groups excluding carboxylic acids is 4. The van der Waals surface area contributed by atoms with Gasteiger partial charge in [0.05, 0.1) is 18.8 Å². The van der Waals surface area contributed by atoms with Crippen molar-refractivity contribution in [2.75, 3.05) is 13.2 Å². The Morgan fingerprint density at radius 2 is 1.19 bits per heavy atom. The number of hydrogen-bond acceptors (Lipinski definition) is 8. The lowest BCUT2D eigenvalue weighted by atomic mass is 10.0. The highest BCUT2D eigenvalue weighted by Gasteiger charge is 2.21. The van der Waals surface area contributed by atoms with Crippen LogP contribution in [0.5, 0.6) is 11.5 Å². The van der Waals surface area contributed by atoms with Gasteiger partial charge in [0, 0.05) is 12.5 Å². The van der Waals surface area contributed by atoms with Crippen molar-refractivity contribution >= 4 is 23.5 Å². The van der Waals surface area contributed by atoms with Crippen LogP contribution in [0.25, 0.3) is 0 Å². The van der Waals surface area contributed by atoms with E-state index in [1.807, 2.05) is 0 Å². The maximum atomic E-state index is 12.4. The summed E-state index contributed by atoms with van der Waals surface area (Å²) < 4.78 is 21.6. The first-order valence-electron chi connectivity index (χ1n) is 12.6. The van der Waals surface area contributed by atoms with Crippen LogP contribution in [-0.2, 0) is 19.1 Å². The van der Waals surface area contributed by atoms with Crippen LogP contribution in [0.15, 0.2) is 48.5 Å². The molecule has 0 bridgehead atoms. The molecule has 8 heteroatoms. The van der Waals surface area contributed by atoms with Crippen molar-refractivity contribution in [2.45, 2.75) is 72.0 Å². The van der Waals surface area contributed by atoms with E-state index < -0.39 is 24.1 Å². The Hall–Kier alpha value is -3.68. The molecule has 8 nitrogen and oxygen atoms in total. The van der Waals surface area contributed by atoms with Gasteiger partial charge >= 0.3 is 11.9 Å². The van der Waals surface area contributed by atoms with E-state index in [2.05, 4.69) is 0 Å². The highest BCUT2D eigenvalue weighted by atomic mass is 16.6. The second-order valence-corrected chi connectivity index (χ2v) is 8.69. The summed E-state index contributed by atoms with van der Waals surface area (Å²) >= 11 is 0. The van der Waals surface area contributed by atoms with E-state index in [-0.39, 0.29) is 11.6 Å². The molecule has 37 heavy (non-hydrogen) atoms. The molecule has 0 saturated carbocycles. The van der Waals surface area contributed by atoms with Crippen LogP contribution in [0.2, 0.25) is 0 Å². The summed E-state index contributed by atoms with van der Waals surface area (Å²) in [6.45, 7) is 7.15. The number of hydrogen-bond donors (Lipinski definition) is 0. The lowest BCUT2D eigenvalue weighted by Gasteiger charge is -2.14. The van der Waals surface area contributed by atoms with Gasteiger partial charge in [-0.1, -0.05) is 6.92 Å². The fourth-order valence-corrected chi connectivity index (χ4v) is 3.36. The lowest BCUT2D eigenvalue weighted by Crippen LogP contribution is -2.25. The molecule has 0 amide bonds. The Balaban J connectivity index is 1.60. The predicted octanol–water partition coefficient (Wildman–Crippen LogP) is 5.36. The van der Waals surface area contributed by atoms with Crippen LogP contribution in [0.4, 0.5) is 0 Å². The first kappa shape index (κ1) is 29.5. The van der Waals surface area contributed by atoms with E-state index in [0.717, 1.165) is 25.7 Å². The summed E-state index contributed by atoms with van der Waals surface area (Å²) in [6.07, 6.45) is 2.64. The summed E-state index contributed by atoms with van der Waals surface area (Å²) in [7, 11) is 0. The zero-order valence-corrected chi connectivity index (χ0v) is 22.0. The van der Waals surface area contributed by atoms with E-state index in [0.29, 0.717) is 42.3 Å². The molecule has 0 heterocycles. The number of ether oxygens (including phenoxy) is 4. The maximum absolute atomic E-state index is 12.4. The normalized spacial score (nSPS) is 12.2. The molecule has 0 fully saturated rings. The number of rotatable bonds is 16. The minimum atomic E-state index is -0.765. The van der Waals surface area contributed by atoms with Gasteiger partial charge in [-0.25, -0.2) is 4.79 Å².